The fraction of sp³-hybridized carbons (Fsp3) is 0.765. The Morgan fingerprint density at radius 3 is 3.09 bits per heavy atom. The van der Waals surface area contributed by atoms with Gasteiger partial charge >= 0.3 is 0 Å². The number of rotatable bonds is 5. The van der Waals surface area contributed by atoms with Crippen LogP contribution in [0.2, 0.25) is 0 Å². The second kappa shape index (κ2) is 7.27. The molecule has 0 aromatic carbocycles. The lowest BCUT2D eigenvalue weighted by Crippen LogP contribution is -2.42. The average molecular weight is 305 g/mol. The van der Waals surface area contributed by atoms with Crippen LogP contribution < -0.4 is 5.32 Å². The van der Waals surface area contributed by atoms with Crippen LogP contribution >= 0.6 is 0 Å². The van der Waals surface area contributed by atoms with Gasteiger partial charge in [0.05, 0.1) is 6.20 Å². The molecular weight excluding hydrogens is 278 g/mol. The molecule has 0 radical (unpaired) electrons. The molecule has 2 saturated heterocycles. The van der Waals surface area contributed by atoms with Crippen LogP contribution in [0, 0.1) is 18.8 Å². The van der Waals surface area contributed by atoms with E-state index in [2.05, 4.69) is 15.2 Å². The van der Waals surface area contributed by atoms with Crippen LogP contribution in [0.4, 0.5) is 0 Å². The lowest BCUT2D eigenvalue weighted by molar-refractivity contribution is -0.133. The molecule has 2 unspecified atom stereocenters. The summed E-state index contributed by atoms with van der Waals surface area (Å²) in [7, 11) is 0. The minimum absolute atomic E-state index is 0.305. The van der Waals surface area contributed by atoms with E-state index < -0.39 is 0 Å². The molecule has 1 aromatic heterocycles. The average Bonchev–Trinajstić information content (AvgIpc) is 3.19. The molecule has 122 valence electrons. The summed E-state index contributed by atoms with van der Waals surface area (Å²) in [4.78, 5) is 18.7. The molecule has 3 rings (SSSR count). The molecule has 5 nitrogen and oxygen atoms in total. The summed E-state index contributed by atoms with van der Waals surface area (Å²) in [6.45, 7) is 6.07. The number of carbonyl (C=O) groups is 1. The van der Waals surface area contributed by atoms with Crippen LogP contribution in [0.15, 0.2) is 10.6 Å². The third kappa shape index (κ3) is 3.88. The fourth-order valence-electron chi connectivity index (χ4n) is 3.77. The van der Waals surface area contributed by atoms with E-state index in [1.807, 2.05) is 6.92 Å². The van der Waals surface area contributed by atoms with E-state index in [0.717, 1.165) is 63.0 Å². The molecule has 0 spiro atoms. The Labute approximate surface area is 132 Å². The Morgan fingerprint density at radius 2 is 2.36 bits per heavy atom. The topological polar surface area (TPSA) is 58.4 Å². The molecule has 2 fully saturated rings. The van der Waals surface area contributed by atoms with E-state index in [0.29, 0.717) is 18.2 Å². The first-order valence-electron chi connectivity index (χ1n) is 8.62. The van der Waals surface area contributed by atoms with Crippen LogP contribution in [0.1, 0.15) is 43.8 Å². The minimum Gasteiger partial charge on any atom is -0.446 e. The summed E-state index contributed by atoms with van der Waals surface area (Å²) in [5.74, 6) is 3.36. The predicted octanol–water partition coefficient (Wildman–Crippen LogP) is 2.15. The number of hydrogen-bond donors (Lipinski definition) is 1. The molecule has 2 aliphatic heterocycles. The Bertz CT molecular complexity index is 494. The number of carbonyl (C=O) groups excluding carboxylic acids is 1. The van der Waals surface area contributed by atoms with Gasteiger partial charge in [0.15, 0.2) is 5.89 Å². The largest absolute Gasteiger partial charge is 0.446 e. The van der Waals surface area contributed by atoms with Crippen LogP contribution in [-0.4, -0.2) is 42.0 Å². The van der Waals surface area contributed by atoms with Gasteiger partial charge in [-0.25, -0.2) is 4.98 Å². The summed E-state index contributed by atoms with van der Waals surface area (Å²) >= 11 is 0. The lowest BCUT2D eigenvalue weighted by atomic mass is 9.85. The number of hydrogen-bond acceptors (Lipinski definition) is 4. The third-order valence-electron chi connectivity index (χ3n) is 5.03. The molecular formula is C17H27N3O2. The van der Waals surface area contributed by atoms with Crippen LogP contribution in [0.5, 0.6) is 0 Å². The van der Waals surface area contributed by atoms with Gasteiger partial charge in [0.25, 0.3) is 0 Å². The van der Waals surface area contributed by atoms with E-state index in [4.69, 9.17) is 4.42 Å². The van der Waals surface area contributed by atoms with Crippen molar-refractivity contribution in [2.45, 2.75) is 45.4 Å². The molecule has 1 aromatic rings. The zero-order valence-corrected chi connectivity index (χ0v) is 13.5. The number of amides is 1. The van der Waals surface area contributed by atoms with E-state index >= 15 is 0 Å². The Balaban J connectivity index is 1.43. The molecule has 5 heteroatoms. The number of oxazole rings is 1. The highest BCUT2D eigenvalue weighted by Gasteiger charge is 2.30. The number of piperidine rings is 1. The summed E-state index contributed by atoms with van der Waals surface area (Å²) in [5.41, 5.74) is 0. The standard InChI is InChI=1S/C17H27N3O2/c1-13-10-19-16(22-13)5-2-6-17(21)20-9-3-4-15(12-20)14-7-8-18-11-14/h10,14-15,18H,2-9,11-12H2,1H3. The number of nitrogens with zero attached hydrogens (tertiary/aromatic N) is 2. The minimum atomic E-state index is 0.305. The first kappa shape index (κ1) is 15.5. The van der Waals surface area contributed by atoms with Gasteiger partial charge < -0.3 is 14.6 Å². The highest BCUT2D eigenvalue weighted by molar-refractivity contribution is 5.76. The van der Waals surface area contributed by atoms with Crippen molar-refractivity contribution in [3.05, 3.63) is 17.8 Å². The van der Waals surface area contributed by atoms with Crippen molar-refractivity contribution in [1.82, 2.24) is 15.2 Å². The monoisotopic (exact) mass is 305 g/mol. The van der Waals surface area contributed by atoms with Crippen LogP contribution in [0.3, 0.4) is 0 Å². The zero-order chi connectivity index (χ0) is 15.4. The maximum absolute atomic E-state index is 12.4. The van der Waals surface area contributed by atoms with Gasteiger partial charge in [-0.15, -0.1) is 0 Å². The predicted molar refractivity (Wildman–Crippen MR) is 84.5 cm³/mol. The zero-order valence-electron chi connectivity index (χ0n) is 13.5. The van der Waals surface area contributed by atoms with Crippen LogP contribution in [-0.2, 0) is 11.2 Å². The van der Waals surface area contributed by atoms with Crippen molar-refractivity contribution in [2.24, 2.45) is 11.8 Å². The lowest BCUT2D eigenvalue weighted by Gasteiger charge is -2.35. The van der Waals surface area contributed by atoms with Crippen LogP contribution in [0.25, 0.3) is 0 Å². The summed E-state index contributed by atoms with van der Waals surface area (Å²) < 4.78 is 5.45. The second-order valence-corrected chi connectivity index (χ2v) is 6.71. The van der Waals surface area contributed by atoms with E-state index in [9.17, 15) is 4.79 Å². The van der Waals surface area contributed by atoms with Crippen molar-refractivity contribution < 1.29 is 9.21 Å². The number of aryl methyl sites for hydroxylation is 2. The third-order valence-corrected chi connectivity index (χ3v) is 5.03. The number of likely N-dealkylation sites (tertiary alicyclic amines) is 1. The Morgan fingerprint density at radius 1 is 1.45 bits per heavy atom. The second-order valence-electron chi connectivity index (χ2n) is 6.71. The summed E-state index contributed by atoms with van der Waals surface area (Å²) in [6, 6.07) is 0. The van der Waals surface area contributed by atoms with Gasteiger partial charge in [-0.05, 0) is 57.5 Å². The van der Waals surface area contributed by atoms with Crippen molar-refractivity contribution in [2.75, 3.05) is 26.2 Å². The maximum Gasteiger partial charge on any atom is 0.222 e. The van der Waals surface area contributed by atoms with Gasteiger partial charge in [0.2, 0.25) is 5.91 Å². The molecule has 0 saturated carbocycles. The first-order valence-corrected chi connectivity index (χ1v) is 8.62. The maximum atomic E-state index is 12.4. The molecule has 22 heavy (non-hydrogen) atoms. The molecule has 2 aliphatic rings. The Kier molecular flexibility index (Phi) is 5.13. The molecule has 1 amide bonds. The van der Waals surface area contributed by atoms with Crippen molar-refractivity contribution in [1.29, 1.82) is 0 Å². The number of aromatic nitrogens is 1. The Hall–Kier alpha value is -1.36. The molecule has 0 aliphatic carbocycles. The molecule has 3 heterocycles. The van der Waals surface area contributed by atoms with Gasteiger partial charge in [0.1, 0.15) is 5.76 Å². The van der Waals surface area contributed by atoms with E-state index in [1.165, 1.54) is 12.8 Å². The highest BCUT2D eigenvalue weighted by Crippen LogP contribution is 2.28. The molecule has 0 bridgehead atoms. The van der Waals surface area contributed by atoms with Crippen molar-refractivity contribution >= 4 is 5.91 Å². The highest BCUT2D eigenvalue weighted by atomic mass is 16.3. The fourth-order valence-corrected chi connectivity index (χ4v) is 3.77. The SMILES string of the molecule is Cc1cnc(CCCC(=O)N2CCCC(C3CCNC3)C2)o1. The molecule has 1 N–H and O–H groups in total. The van der Waals surface area contributed by atoms with E-state index in [1.54, 1.807) is 6.20 Å². The van der Waals surface area contributed by atoms with Crippen molar-refractivity contribution in [3.8, 4) is 0 Å². The van der Waals surface area contributed by atoms with E-state index in [-0.39, 0.29) is 0 Å². The molecule has 2 atom stereocenters. The van der Waals surface area contributed by atoms with Gasteiger partial charge in [-0.2, -0.15) is 0 Å². The summed E-state index contributed by atoms with van der Waals surface area (Å²) in [6.07, 6.45) is 7.64. The number of nitrogens with one attached hydrogen (secondary N) is 1. The van der Waals surface area contributed by atoms with Crippen molar-refractivity contribution in [3.63, 3.8) is 0 Å². The van der Waals surface area contributed by atoms with Gasteiger partial charge in [-0.1, -0.05) is 0 Å². The van der Waals surface area contributed by atoms with Gasteiger partial charge in [-0.3, -0.25) is 4.79 Å². The first-order chi connectivity index (χ1) is 10.7. The van der Waals surface area contributed by atoms with Gasteiger partial charge in [0, 0.05) is 25.9 Å². The smallest absolute Gasteiger partial charge is 0.222 e. The normalized spacial score (nSPS) is 25.6. The quantitative estimate of drug-likeness (QED) is 0.905. The summed E-state index contributed by atoms with van der Waals surface area (Å²) in [5, 5.41) is 3.45.